The van der Waals surface area contributed by atoms with Gasteiger partial charge in [0.05, 0.1) is 12.6 Å². The van der Waals surface area contributed by atoms with Crippen LogP contribution in [0.3, 0.4) is 0 Å². The van der Waals surface area contributed by atoms with Gasteiger partial charge in [-0.2, -0.15) is 0 Å². The molecule has 2 rings (SSSR count). The SMILES string of the molecule is CCC1C(=O)NCCN1CC(=O)Nc1ccccc1CN. The first-order valence-corrected chi connectivity index (χ1v) is 7.25. The number of para-hydroxylation sites is 1. The Hall–Kier alpha value is -1.92. The van der Waals surface area contributed by atoms with Crippen molar-refractivity contribution < 1.29 is 9.59 Å². The van der Waals surface area contributed by atoms with Gasteiger partial charge in [-0.1, -0.05) is 25.1 Å². The van der Waals surface area contributed by atoms with E-state index in [1.807, 2.05) is 36.1 Å². The topological polar surface area (TPSA) is 87.5 Å². The molecule has 1 aromatic rings. The normalized spacial score (nSPS) is 19.1. The number of amides is 2. The lowest BCUT2D eigenvalue weighted by Crippen LogP contribution is -2.56. The molecule has 0 radical (unpaired) electrons. The van der Waals surface area contributed by atoms with Crippen LogP contribution >= 0.6 is 0 Å². The van der Waals surface area contributed by atoms with Crippen LogP contribution in [-0.2, 0) is 16.1 Å². The smallest absolute Gasteiger partial charge is 0.238 e. The van der Waals surface area contributed by atoms with Gasteiger partial charge in [-0.05, 0) is 18.1 Å². The highest BCUT2D eigenvalue weighted by Gasteiger charge is 2.29. The molecule has 0 aromatic heterocycles. The Labute approximate surface area is 124 Å². The van der Waals surface area contributed by atoms with Gasteiger partial charge < -0.3 is 16.4 Å². The molecule has 0 aliphatic carbocycles. The zero-order chi connectivity index (χ0) is 15.2. The maximum atomic E-state index is 12.2. The largest absolute Gasteiger partial charge is 0.353 e. The molecule has 1 fully saturated rings. The highest BCUT2D eigenvalue weighted by Crippen LogP contribution is 2.15. The summed E-state index contributed by atoms with van der Waals surface area (Å²) in [6.45, 7) is 3.81. The van der Waals surface area contributed by atoms with Crippen LogP contribution in [0.4, 0.5) is 5.69 Å². The zero-order valence-corrected chi connectivity index (χ0v) is 12.3. The number of carbonyl (C=O) groups is 2. The first-order chi connectivity index (χ1) is 10.2. The predicted octanol–water partition coefficient (Wildman–Crippen LogP) is 0.294. The number of hydrogen-bond donors (Lipinski definition) is 3. The number of nitrogens with zero attached hydrogens (tertiary/aromatic N) is 1. The molecule has 1 atom stereocenters. The van der Waals surface area contributed by atoms with Crippen molar-refractivity contribution in [1.29, 1.82) is 0 Å². The van der Waals surface area contributed by atoms with Crippen molar-refractivity contribution >= 4 is 17.5 Å². The molecule has 6 nitrogen and oxygen atoms in total. The van der Waals surface area contributed by atoms with Gasteiger partial charge in [-0.15, -0.1) is 0 Å². The van der Waals surface area contributed by atoms with Crippen molar-refractivity contribution in [3.63, 3.8) is 0 Å². The fraction of sp³-hybridized carbons (Fsp3) is 0.467. The van der Waals surface area contributed by atoms with Crippen molar-refractivity contribution in [2.24, 2.45) is 5.73 Å². The summed E-state index contributed by atoms with van der Waals surface area (Å²) in [4.78, 5) is 25.9. The number of carbonyl (C=O) groups excluding carboxylic acids is 2. The lowest BCUT2D eigenvalue weighted by Gasteiger charge is -2.33. The maximum Gasteiger partial charge on any atom is 0.238 e. The molecule has 1 aromatic carbocycles. The Morgan fingerprint density at radius 1 is 1.48 bits per heavy atom. The van der Waals surface area contributed by atoms with Gasteiger partial charge in [-0.3, -0.25) is 14.5 Å². The Balaban J connectivity index is 1.99. The fourth-order valence-corrected chi connectivity index (χ4v) is 2.59. The van der Waals surface area contributed by atoms with E-state index in [4.69, 9.17) is 5.73 Å². The zero-order valence-electron chi connectivity index (χ0n) is 12.3. The van der Waals surface area contributed by atoms with Gasteiger partial charge in [0.15, 0.2) is 0 Å². The molecule has 6 heteroatoms. The van der Waals surface area contributed by atoms with Gasteiger partial charge in [0, 0.05) is 25.3 Å². The molecule has 1 aliphatic rings. The van der Waals surface area contributed by atoms with Crippen molar-refractivity contribution in [2.75, 3.05) is 25.0 Å². The van der Waals surface area contributed by atoms with E-state index in [-0.39, 0.29) is 24.4 Å². The molecular formula is C15H22N4O2. The summed E-state index contributed by atoms with van der Waals surface area (Å²) in [7, 11) is 0. The molecule has 21 heavy (non-hydrogen) atoms. The lowest BCUT2D eigenvalue weighted by molar-refractivity contribution is -0.130. The van der Waals surface area contributed by atoms with E-state index in [0.717, 1.165) is 11.3 Å². The molecule has 1 unspecified atom stereocenters. The summed E-state index contributed by atoms with van der Waals surface area (Å²) in [6, 6.07) is 7.24. The maximum absolute atomic E-state index is 12.2. The number of nitrogens with one attached hydrogen (secondary N) is 2. The first kappa shape index (κ1) is 15.5. The number of rotatable bonds is 5. The minimum absolute atomic E-state index is 0.00101. The van der Waals surface area contributed by atoms with E-state index < -0.39 is 0 Å². The molecule has 1 heterocycles. The molecule has 4 N–H and O–H groups in total. The minimum Gasteiger partial charge on any atom is -0.353 e. The molecule has 0 spiro atoms. The fourth-order valence-electron chi connectivity index (χ4n) is 2.59. The molecule has 2 amide bonds. The minimum atomic E-state index is -0.228. The summed E-state index contributed by atoms with van der Waals surface area (Å²) in [6.07, 6.45) is 0.693. The molecule has 1 saturated heterocycles. The second kappa shape index (κ2) is 7.19. The lowest BCUT2D eigenvalue weighted by atomic mass is 10.1. The molecule has 0 bridgehead atoms. The highest BCUT2D eigenvalue weighted by atomic mass is 16.2. The van der Waals surface area contributed by atoms with Crippen LogP contribution in [0.2, 0.25) is 0 Å². The predicted molar refractivity (Wildman–Crippen MR) is 81.6 cm³/mol. The quantitative estimate of drug-likeness (QED) is 0.727. The van der Waals surface area contributed by atoms with Crippen LogP contribution in [0.25, 0.3) is 0 Å². The van der Waals surface area contributed by atoms with Gasteiger partial charge in [0.1, 0.15) is 0 Å². The summed E-state index contributed by atoms with van der Waals surface area (Å²) in [5.41, 5.74) is 7.29. The van der Waals surface area contributed by atoms with E-state index in [0.29, 0.717) is 26.1 Å². The number of hydrogen-bond acceptors (Lipinski definition) is 4. The van der Waals surface area contributed by atoms with Crippen LogP contribution in [0.15, 0.2) is 24.3 Å². The first-order valence-electron chi connectivity index (χ1n) is 7.25. The number of nitrogens with two attached hydrogens (primary N) is 1. The van der Waals surface area contributed by atoms with Crippen molar-refractivity contribution in [1.82, 2.24) is 10.2 Å². The highest BCUT2D eigenvalue weighted by molar-refractivity contribution is 5.93. The van der Waals surface area contributed by atoms with Gasteiger partial charge >= 0.3 is 0 Å². The van der Waals surface area contributed by atoms with E-state index in [1.165, 1.54) is 0 Å². The van der Waals surface area contributed by atoms with Crippen molar-refractivity contribution in [2.45, 2.75) is 25.9 Å². The van der Waals surface area contributed by atoms with Crippen molar-refractivity contribution in [3.05, 3.63) is 29.8 Å². The van der Waals surface area contributed by atoms with Gasteiger partial charge in [0.2, 0.25) is 11.8 Å². The second-order valence-electron chi connectivity index (χ2n) is 5.09. The standard InChI is InChI=1S/C15H22N4O2/c1-2-13-15(21)17-7-8-19(13)10-14(20)18-12-6-4-3-5-11(12)9-16/h3-6,13H,2,7-10,16H2,1H3,(H,17,21)(H,18,20). The number of benzene rings is 1. The van der Waals surface area contributed by atoms with E-state index >= 15 is 0 Å². The third-order valence-electron chi connectivity index (χ3n) is 3.69. The summed E-state index contributed by atoms with van der Waals surface area (Å²) in [5, 5.41) is 5.70. The molecular weight excluding hydrogens is 268 g/mol. The Morgan fingerprint density at radius 2 is 2.24 bits per heavy atom. The van der Waals surface area contributed by atoms with Crippen LogP contribution in [-0.4, -0.2) is 42.4 Å². The Morgan fingerprint density at radius 3 is 2.95 bits per heavy atom. The number of piperazine rings is 1. The Kier molecular flexibility index (Phi) is 5.30. The third kappa shape index (κ3) is 3.80. The van der Waals surface area contributed by atoms with Gasteiger partial charge in [0.25, 0.3) is 0 Å². The van der Waals surface area contributed by atoms with Crippen LogP contribution in [0.5, 0.6) is 0 Å². The van der Waals surface area contributed by atoms with Crippen LogP contribution in [0, 0.1) is 0 Å². The second-order valence-corrected chi connectivity index (χ2v) is 5.09. The Bertz CT molecular complexity index is 518. The number of anilines is 1. The van der Waals surface area contributed by atoms with E-state index in [1.54, 1.807) is 0 Å². The molecule has 1 aliphatic heterocycles. The van der Waals surface area contributed by atoms with Crippen LogP contribution < -0.4 is 16.4 Å². The molecule has 0 saturated carbocycles. The summed E-state index contributed by atoms with van der Waals surface area (Å²) < 4.78 is 0. The van der Waals surface area contributed by atoms with E-state index in [9.17, 15) is 9.59 Å². The molecule has 114 valence electrons. The monoisotopic (exact) mass is 290 g/mol. The van der Waals surface area contributed by atoms with Crippen molar-refractivity contribution in [3.8, 4) is 0 Å². The van der Waals surface area contributed by atoms with E-state index in [2.05, 4.69) is 10.6 Å². The summed E-state index contributed by atoms with van der Waals surface area (Å²) in [5.74, 6) is -0.122. The van der Waals surface area contributed by atoms with Gasteiger partial charge in [-0.25, -0.2) is 0 Å². The van der Waals surface area contributed by atoms with Crippen LogP contribution in [0.1, 0.15) is 18.9 Å². The average Bonchev–Trinajstić information content (AvgIpc) is 2.48. The summed E-state index contributed by atoms with van der Waals surface area (Å²) >= 11 is 0. The average molecular weight is 290 g/mol. The third-order valence-corrected chi connectivity index (χ3v) is 3.69.